The van der Waals surface area contributed by atoms with E-state index in [1.165, 1.54) is 0 Å². The number of amides is 1. The monoisotopic (exact) mass is 310 g/mol. The molecule has 3 aromatic rings. The van der Waals surface area contributed by atoms with E-state index < -0.39 is 0 Å². The molecule has 1 aliphatic rings. The van der Waals surface area contributed by atoms with Crippen molar-refractivity contribution in [2.45, 2.75) is 19.2 Å². The fraction of sp³-hybridized carbons (Fsp3) is 0.278. The Labute approximate surface area is 134 Å². The van der Waals surface area contributed by atoms with E-state index in [9.17, 15) is 4.79 Å². The van der Waals surface area contributed by atoms with E-state index >= 15 is 0 Å². The average molecular weight is 310 g/mol. The van der Waals surface area contributed by atoms with Gasteiger partial charge in [0.2, 0.25) is 0 Å². The minimum atomic E-state index is -0.0992. The van der Waals surface area contributed by atoms with Crippen LogP contribution in [0.3, 0.4) is 0 Å². The molecule has 0 N–H and O–H groups in total. The molecule has 118 valence electrons. The standard InChI is InChI=1S/C18H18N2O3/c1-22-15-11-19-8-4-6-14(19)10-20(12-15)18(21)17-9-13-5-2-3-7-16(13)23-17/h2-9,15H,10-12H2,1H3/t15-/m0/s1. The fourth-order valence-corrected chi connectivity index (χ4v) is 3.10. The van der Waals surface area contributed by atoms with Crippen LogP contribution in [0.25, 0.3) is 11.0 Å². The third kappa shape index (κ3) is 2.53. The lowest BCUT2D eigenvalue weighted by molar-refractivity contribution is 0.0440. The number of hydrogen-bond acceptors (Lipinski definition) is 3. The molecule has 0 radical (unpaired) electrons. The van der Waals surface area contributed by atoms with E-state index in [0.29, 0.717) is 18.8 Å². The summed E-state index contributed by atoms with van der Waals surface area (Å²) in [5.74, 6) is 0.277. The number of nitrogens with zero attached hydrogens (tertiary/aromatic N) is 2. The molecule has 5 heteroatoms. The summed E-state index contributed by atoms with van der Waals surface area (Å²) in [6.45, 7) is 1.86. The second-order valence-corrected chi connectivity index (χ2v) is 5.84. The highest BCUT2D eigenvalue weighted by Gasteiger charge is 2.27. The molecule has 1 aliphatic heterocycles. The normalized spacial score (nSPS) is 18.0. The highest BCUT2D eigenvalue weighted by atomic mass is 16.5. The Kier molecular flexibility index (Phi) is 3.42. The molecule has 0 saturated carbocycles. The molecule has 2 aromatic heterocycles. The largest absolute Gasteiger partial charge is 0.451 e. The van der Waals surface area contributed by atoms with Gasteiger partial charge in [-0.15, -0.1) is 0 Å². The van der Waals surface area contributed by atoms with Gasteiger partial charge in [0.15, 0.2) is 5.76 Å². The van der Waals surface area contributed by atoms with E-state index in [4.69, 9.17) is 9.15 Å². The number of hydrogen-bond donors (Lipinski definition) is 0. The number of furan rings is 1. The Balaban J connectivity index is 1.66. The third-order valence-electron chi connectivity index (χ3n) is 4.36. The minimum Gasteiger partial charge on any atom is -0.451 e. The molecule has 0 unspecified atom stereocenters. The number of benzene rings is 1. The lowest BCUT2D eigenvalue weighted by Crippen LogP contribution is -2.36. The molecule has 4 rings (SSSR count). The van der Waals surface area contributed by atoms with Crippen LogP contribution in [0.1, 0.15) is 16.2 Å². The zero-order chi connectivity index (χ0) is 15.8. The van der Waals surface area contributed by atoms with Crippen LogP contribution in [-0.4, -0.2) is 35.1 Å². The molecule has 0 spiro atoms. The molecule has 5 nitrogen and oxygen atoms in total. The van der Waals surface area contributed by atoms with Crippen molar-refractivity contribution in [2.75, 3.05) is 13.7 Å². The highest BCUT2D eigenvalue weighted by Crippen LogP contribution is 2.22. The van der Waals surface area contributed by atoms with Gasteiger partial charge in [-0.05, 0) is 24.3 Å². The summed E-state index contributed by atoms with van der Waals surface area (Å²) in [5, 5.41) is 0.942. The number of carbonyl (C=O) groups excluding carboxylic acids is 1. The molecule has 0 saturated heterocycles. The molecule has 0 fully saturated rings. The predicted molar refractivity (Wildman–Crippen MR) is 86.2 cm³/mol. The number of para-hydroxylation sites is 1. The molecule has 1 aromatic carbocycles. The smallest absolute Gasteiger partial charge is 0.290 e. The Morgan fingerprint density at radius 1 is 1.22 bits per heavy atom. The van der Waals surface area contributed by atoms with E-state index in [1.807, 2.05) is 48.7 Å². The molecule has 0 aliphatic carbocycles. The van der Waals surface area contributed by atoms with Crippen molar-refractivity contribution in [2.24, 2.45) is 0 Å². The molecular formula is C18H18N2O3. The van der Waals surface area contributed by atoms with E-state index in [2.05, 4.69) is 4.57 Å². The van der Waals surface area contributed by atoms with E-state index in [-0.39, 0.29) is 12.0 Å². The SMILES string of the molecule is CO[C@@H]1CN(C(=O)c2cc3ccccc3o2)Cc2cccn2C1. The van der Waals surface area contributed by atoms with Gasteiger partial charge in [-0.1, -0.05) is 18.2 Å². The number of rotatable bonds is 2. The van der Waals surface area contributed by atoms with Crippen molar-refractivity contribution in [3.63, 3.8) is 0 Å². The van der Waals surface area contributed by atoms with Crippen LogP contribution in [-0.2, 0) is 17.8 Å². The average Bonchev–Trinajstić information content (AvgIpc) is 3.15. The van der Waals surface area contributed by atoms with Gasteiger partial charge in [-0.25, -0.2) is 0 Å². The van der Waals surface area contributed by atoms with Crippen LogP contribution in [0.5, 0.6) is 0 Å². The first-order valence-corrected chi connectivity index (χ1v) is 7.69. The van der Waals surface area contributed by atoms with Gasteiger partial charge in [0, 0.05) is 30.9 Å². The Bertz CT molecular complexity index is 816. The van der Waals surface area contributed by atoms with Gasteiger partial charge in [-0.2, -0.15) is 0 Å². The summed E-state index contributed by atoms with van der Waals surface area (Å²) in [5.41, 5.74) is 1.84. The second-order valence-electron chi connectivity index (χ2n) is 5.84. The van der Waals surface area contributed by atoms with Crippen LogP contribution in [0.2, 0.25) is 0 Å². The van der Waals surface area contributed by atoms with Crippen LogP contribution in [0.4, 0.5) is 0 Å². The molecule has 0 bridgehead atoms. The quantitative estimate of drug-likeness (QED) is 0.731. The van der Waals surface area contributed by atoms with Crippen molar-refractivity contribution >= 4 is 16.9 Å². The number of methoxy groups -OCH3 is 1. The van der Waals surface area contributed by atoms with E-state index in [0.717, 1.165) is 23.2 Å². The van der Waals surface area contributed by atoms with Gasteiger partial charge < -0.3 is 18.6 Å². The van der Waals surface area contributed by atoms with Crippen molar-refractivity contribution in [3.05, 3.63) is 60.1 Å². The Morgan fingerprint density at radius 3 is 2.91 bits per heavy atom. The van der Waals surface area contributed by atoms with Gasteiger partial charge >= 0.3 is 0 Å². The lowest BCUT2D eigenvalue weighted by Gasteiger charge is -2.22. The number of aromatic nitrogens is 1. The zero-order valence-electron chi connectivity index (χ0n) is 12.9. The topological polar surface area (TPSA) is 47.6 Å². The van der Waals surface area contributed by atoms with Crippen LogP contribution in [0.15, 0.2) is 53.1 Å². The van der Waals surface area contributed by atoms with Gasteiger partial charge in [-0.3, -0.25) is 4.79 Å². The van der Waals surface area contributed by atoms with Gasteiger partial charge in [0.1, 0.15) is 5.58 Å². The minimum absolute atomic E-state index is 0.0306. The van der Waals surface area contributed by atoms with Crippen LogP contribution in [0, 0.1) is 0 Å². The van der Waals surface area contributed by atoms with Crippen LogP contribution >= 0.6 is 0 Å². The maximum atomic E-state index is 12.9. The summed E-state index contributed by atoms with van der Waals surface area (Å²) in [6.07, 6.45) is 1.99. The number of carbonyl (C=O) groups is 1. The number of ether oxygens (including phenoxy) is 1. The zero-order valence-corrected chi connectivity index (χ0v) is 12.9. The molecule has 3 heterocycles. The lowest BCUT2D eigenvalue weighted by atomic mass is 10.2. The van der Waals surface area contributed by atoms with Crippen molar-refractivity contribution in [1.29, 1.82) is 0 Å². The maximum Gasteiger partial charge on any atom is 0.290 e. The van der Waals surface area contributed by atoms with Crippen LogP contribution < -0.4 is 0 Å². The third-order valence-corrected chi connectivity index (χ3v) is 4.36. The van der Waals surface area contributed by atoms with Gasteiger partial charge in [0.05, 0.1) is 19.2 Å². The van der Waals surface area contributed by atoms with Gasteiger partial charge in [0.25, 0.3) is 5.91 Å². The fourth-order valence-electron chi connectivity index (χ4n) is 3.10. The molecule has 1 atom stereocenters. The molecule has 23 heavy (non-hydrogen) atoms. The van der Waals surface area contributed by atoms with Crippen molar-refractivity contribution in [1.82, 2.24) is 9.47 Å². The van der Waals surface area contributed by atoms with Crippen molar-refractivity contribution < 1.29 is 13.9 Å². The number of fused-ring (bicyclic) bond motifs is 2. The molecular weight excluding hydrogens is 292 g/mol. The first kappa shape index (κ1) is 14.1. The highest BCUT2D eigenvalue weighted by molar-refractivity contribution is 5.96. The maximum absolute atomic E-state index is 12.9. The summed E-state index contributed by atoms with van der Waals surface area (Å²) in [7, 11) is 1.68. The Morgan fingerprint density at radius 2 is 2.09 bits per heavy atom. The first-order chi connectivity index (χ1) is 11.2. The van der Waals surface area contributed by atoms with Crippen molar-refractivity contribution in [3.8, 4) is 0 Å². The summed E-state index contributed by atoms with van der Waals surface area (Å²) in [6, 6.07) is 13.5. The summed E-state index contributed by atoms with van der Waals surface area (Å²) in [4.78, 5) is 14.7. The summed E-state index contributed by atoms with van der Waals surface area (Å²) < 4.78 is 13.4. The summed E-state index contributed by atoms with van der Waals surface area (Å²) >= 11 is 0. The predicted octanol–water partition coefficient (Wildman–Crippen LogP) is 2.91. The first-order valence-electron chi connectivity index (χ1n) is 7.69. The second kappa shape index (κ2) is 5.59. The Hall–Kier alpha value is -2.53. The molecule has 1 amide bonds. The van der Waals surface area contributed by atoms with E-state index in [1.54, 1.807) is 12.0 Å².